The minimum absolute atomic E-state index is 0.229. The van der Waals surface area contributed by atoms with Crippen molar-refractivity contribution in [3.8, 4) is 5.75 Å². The van der Waals surface area contributed by atoms with Crippen LogP contribution >= 0.6 is 22.6 Å². The molecular formula is C10H13FINO. The number of hydrogen-bond donors (Lipinski definition) is 0. The van der Waals surface area contributed by atoms with E-state index in [-0.39, 0.29) is 5.82 Å². The predicted molar refractivity (Wildman–Crippen MR) is 63.2 cm³/mol. The lowest BCUT2D eigenvalue weighted by atomic mass is 10.3. The number of ether oxygens (including phenoxy) is 1. The highest BCUT2D eigenvalue weighted by Gasteiger charge is 2.01. The van der Waals surface area contributed by atoms with Gasteiger partial charge in [0.1, 0.15) is 18.2 Å². The smallest absolute Gasteiger partial charge is 0.140 e. The molecule has 0 saturated carbocycles. The lowest BCUT2D eigenvalue weighted by Gasteiger charge is -2.11. The Balaban J connectivity index is 2.47. The third-order valence-electron chi connectivity index (χ3n) is 1.70. The largest absolute Gasteiger partial charge is 0.492 e. The zero-order valence-electron chi connectivity index (χ0n) is 8.26. The first-order valence-electron chi connectivity index (χ1n) is 4.32. The van der Waals surface area contributed by atoms with Crippen molar-refractivity contribution in [1.82, 2.24) is 4.90 Å². The predicted octanol–water partition coefficient (Wildman–Crippen LogP) is 2.37. The van der Waals surface area contributed by atoms with Gasteiger partial charge in [-0.05, 0) is 48.8 Å². The van der Waals surface area contributed by atoms with Gasteiger partial charge in [-0.1, -0.05) is 0 Å². The summed E-state index contributed by atoms with van der Waals surface area (Å²) in [6.45, 7) is 1.40. The average molecular weight is 309 g/mol. The summed E-state index contributed by atoms with van der Waals surface area (Å²) < 4.78 is 19.0. The minimum Gasteiger partial charge on any atom is -0.492 e. The second kappa shape index (κ2) is 5.50. The Bertz CT molecular complexity index is 304. The van der Waals surface area contributed by atoms with E-state index in [0.717, 1.165) is 6.54 Å². The van der Waals surface area contributed by atoms with E-state index in [2.05, 4.69) is 0 Å². The van der Waals surface area contributed by atoms with Gasteiger partial charge in [0, 0.05) is 16.2 Å². The lowest BCUT2D eigenvalue weighted by molar-refractivity contribution is 0.260. The van der Waals surface area contributed by atoms with Gasteiger partial charge in [-0.2, -0.15) is 0 Å². The Kier molecular flexibility index (Phi) is 4.60. The average Bonchev–Trinajstić information content (AvgIpc) is 2.10. The molecule has 4 heteroatoms. The maximum atomic E-state index is 13.1. The second-order valence-corrected chi connectivity index (χ2v) is 4.39. The first-order chi connectivity index (χ1) is 6.59. The van der Waals surface area contributed by atoms with Crippen LogP contribution in [0.15, 0.2) is 18.2 Å². The van der Waals surface area contributed by atoms with Crippen LogP contribution in [0.25, 0.3) is 0 Å². The Morgan fingerprint density at radius 1 is 1.43 bits per heavy atom. The summed E-state index contributed by atoms with van der Waals surface area (Å²) in [4.78, 5) is 2.02. The standard InChI is InChI=1S/C10H13FINO/c1-13(2)5-6-14-8-3-4-10(12)9(11)7-8/h3-4,7H,5-6H2,1-2H3. The highest BCUT2D eigenvalue weighted by Crippen LogP contribution is 2.17. The Labute approximate surface area is 97.2 Å². The van der Waals surface area contributed by atoms with Gasteiger partial charge in [0.2, 0.25) is 0 Å². The number of halogens is 2. The van der Waals surface area contributed by atoms with Crippen molar-refractivity contribution >= 4 is 22.6 Å². The van der Waals surface area contributed by atoms with Gasteiger partial charge in [-0.15, -0.1) is 0 Å². The fourth-order valence-corrected chi connectivity index (χ4v) is 1.25. The summed E-state index contributed by atoms with van der Waals surface area (Å²) in [5, 5.41) is 0. The van der Waals surface area contributed by atoms with Crippen LogP contribution in [0.5, 0.6) is 5.75 Å². The van der Waals surface area contributed by atoms with Crippen LogP contribution in [-0.4, -0.2) is 32.1 Å². The lowest BCUT2D eigenvalue weighted by Crippen LogP contribution is -2.19. The van der Waals surface area contributed by atoms with Crippen molar-refractivity contribution in [3.05, 3.63) is 27.6 Å². The Hall–Kier alpha value is -0.360. The van der Waals surface area contributed by atoms with Crippen LogP contribution in [0.1, 0.15) is 0 Å². The first kappa shape index (κ1) is 11.7. The minimum atomic E-state index is -0.229. The molecule has 78 valence electrons. The quantitative estimate of drug-likeness (QED) is 0.792. The van der Waals surface area contributed by atoms with Crippen molar-refractivity contribution in [2.75, 3.05) is 27.2 Å². The topological polar surface area (TPSA) is 12.5 Å². The summed E-state index contributed by atoms with van der Waals surface area (Å²) in [6.07, 6.45) is 0. The first-order valence-corrected chi connectivity index (χ1v) is 5.40. The molecule has 0 aliphatic heterocycles. The Morgan fingerprint density at radius 3 is 2.71 bits per heavy atom. The monoisotopic (exact) mass is 309 g/mol. The molecule has 1 aromatic rings. The normalized spacial score (nSPS) is 10.6. The molecule has 0 aromatic heterocycles. The SMILES string of the molecule is CN(C)CCOc1ccc(I)c(F)c1. The van der Waals surface area contributed by atoms with Crippen molar-refractivity contribution in [1.29, 1.82) is 0 Å². The molecule has 0 unspecified atom stereocenters. The van der Waals surface area contributed by atoms with Gasteiger partial charge >= 0.3 is 0 Å². The Morgan fingerprint density at radius 2 is 2.14 bits per heavy atom. The fraction of sp³-hybridized carbons (Fsp3) is 0.400. The number of nitrogens with zero attached hydrogens (tertiary/aromatic N) is 1. The van der Waals surface area contributed by atoms with E-state index in [9.17, 15) is 4.39 Å². The molecule has 0 atom stereocenters. The molecule has 0 heterocycles. The van der Waals surface area contributed by atoms with Crippen molar-refractivity contribution in [2.24, 2.45) is 0 Å². The van der Waals surface area contributed by atoms with Crippen LogP contribution in [0, 0.1) is 9.39 Å². The second-order valence-electron chi connectivity index (χ2n) is 3.23. The van der Waals surface area contributed by atoms with Gasteiger partial charge in [0.05, 0.1) is 0 Å². The molecule has 0 aliphatic carbocycles. The van der Waals surface area contributed by atoms with Gasteiger partial charge in [-0.25, -0.2) is 4.39 Å². The molecule has 0 radical (unpaired) electrons. The van der Waals surface area contributed by atoms with E-state index in [1.165, 1.54) is 6.07 Å². The van der Waals surface area contributed by atoms with Gasteiger partial charge < -0.3 is 9.64 Å². The van der Waals surface area contributed by atoms with E-state index in [1.807, 2.05) is 41.6 Å². The molecule has 1 rings (SSSR count). The molecule has 0 N–H and O–H groups in total. The van der Waals surface area contributed by atoms with E-state index >= 15 is 0 Å². The molecule has 0 fully saturated rings. The van der Waals surface area contributed by atoms with Crippen molar-refractivity contribution in [2.45, 2.75) is 0 Å². The van der Waals surface area contributed by atoms with Crippen LogP contribution in [0.3, 0.4) is 0 Å². The van der Waals surface area contributed by atoms with E-state index in [4.69, 9.17) is 4.74 Å². The van der Waals surface area contributed by atoms with Crippen molar-refractivity contribution in [3.63, 3.8) is 0 Å². The highest BCUT2D eigenvalue weighted by molar-refractivity contribution is 14.1. The maximum absolute atomic E-state index is 13.1. The van der Waals surface area contributed by atoms with Crippen LogP contribution in [-0.2, 0) is 0 Å². The maximum Gasteiger partial charge on any atom is 0.140 e. The van der Waals surface area contributed by atoms with Gasteiger partial charge in [0.15, 0.2) is 0 Å². The third kappa shape index (κ3) is 3.79. The number of rotatable bonds is 4. The number of benzene rings is 1. The summed E-state index contributed by atoms with van der Waals surface area (Å²) in [7, 11) is 3.94. The van der Waals surface area contributed by atoms with Crippen LogP contribution in [0.4, 0.5) is 4.39 Å². The number of likely N-dealkylation sites (N-methyl/N-ethyl adjacent to an activating group) is 1. The summed E-state index contributed by atoms with van der Waals surface area (Å²) >= 11 is 1.95. The molecule has 0 spiro atoms. The molecule has 14 heavy (non-hydrogen) atoms. The van der Waals surface area contributed by atoms with E-state index in [1.54, 1.807) is 12.1 Å². The van der Waals surface area contributed by atoms with Crippen LogP contribution in [0.2, 0.25) is 0 Å². The summed E-state index contributed by atoms with van der Waals surface area (Å²) in [5.74, 6) is 0.359. The molecule has 0 aliphatic rings. The molecule has 1 aromatic carbocycles. The highest BCUT2D eigenvalue weighted by atomic mass is 127. The zero-order valence-corrected chi connectivity index (χ0v) is 10.4. The zero-order chi connectivity index (χ0) is 10.6. The van der Waals surface area contributed by atoms with Gasteiger partial charge in [0.25, 0.3) is 0 Å². The number of hydrogen-bond acceptors (Lipinski definition) is 2. The molecule has 0 saturated heterocycles. The fourth-order valence-electron chi connectivity index (χ4n) is 0.913. The molecular weight excluding hydrogens is 296 g/mol. The van der Waals surface area contributed by atoms with Crippen LogP contribution < -0.4 is 4.74 Å². The van der Waals surface area contributed by atoms with E-state index in [0.29, 0.717) is 15.9 Å². The third-order valence-corrected chi connectivity index (χ3v) is 2.57. The van der Waals surface area contributed by atoms with E-state index < -0.39 is 0 Å². The molecule has 2 nitrogen and oxygen atoms in total. The summed E-state index contributed by atoms with van der Waals surface area (Å²) in [6, 6.07) is 4.90. The summed E-state index contributed by atoms with van der Waals surface area (Å²) in [5.41, 5.74) is 0. The van der Waals surface area contributed by atoms with Crippen molar-refractivity contribution < 1.29 is 9.13 Å². The van der Waals surface area contributed by atoms with Gasteiger partial charge in [-0.3, -0.25) is 0 Å². The molecule has 0 bridgehead atoms. The molecule has 0 amide bonds.